The Bertz CT molecular complexity index is 1250. The standard InChI is InChI=1S/C34H51N3O2/c1-19-12-15-34(29(38)39)17-16-32(7)23(26(34)20(19)2)10-11-25-31(6)18-22-27(36-21(3)37-28(22)35-9)30(4,5)24(31)13-14-33(25,32)8/h10,19-20,24-26H,11-18H2,1-9H3,(H,38,39)(H,35,36,37)/t19-,20+,24+,25-,26+,31+,32-,33-,34+/m1/s1. The van der Waals surface area contributed by atoms with E-state index in [4.69, 9.17) is 9.97 Å². The molecule has 0 aromatic carbocycles. The molecule has 1 aromatic rings. The molecule has 0 saturated heterocycles. The minimum absolute atomic E-state index is 0.0216. The molecule has 0 aliphatic heterocycles. The van der Waals surface area contributed by atoms with Gasteiger partial charge in [-0.3, -0.25) is 4.79 Å². The summed E-state index contributed by atoms with van der Waals surface area (Å²) >= 11 is 0. The number of carbonyl (C=O) groups is 1. The second kappa shape index (κ2) is 8.32. The van der Waals surface area contributed by atoms with Crippen LogP contribution in [0.2, 0.25) is 0 Å². The Labute approximate surface area is 236 Å². The van der Waals surface area contributed by atoms with Gasteiger partial charge in [0.2, 0.25) is 0 Å². The average molecular weight is 534 g/mol. The summed E-state index contributed by atoms with van der Waals surface area (Å²) < 4.78 is 0. The van der Waals surface area contributed by atoms with Crippen LogP contribution in [0.5, 0.6) is 0 Å². The fourth-order valence-corrected chi connectivity index (χ4v) is 11.7. The van der Waals surface area contributed by atoms with Crippen molar-refractivity contribution < 1.29 is 9.90 Å². The van der Waals surface area contributed by atoms with Gasteiger partial charge in [-0.2, -0.15) is 0 Å². The number of nitrogens with zero attached hydrogens (tertiary/aromatic N) is 2. The van der Waals surface area contributed by atoms with Crippen LogP contribution in [0.3, 0.4) is 0 Å². The van der Waals surface area contributed by atoms with Crippen LogP contribution in [-0.4, -0.2) is 28.1 Å². The maximum absolute atomic E-state index is 13.0. The number of hydrogen-bond acceptors (Lipinski definition) is 4. The van der Waals surface area contributed by atoms with E-state index in [1.54, 1.807) is 0 Å². The van der Waals surface area contributed by atoms with Crippen LogP contribution in [0.25, 0.3) is 0 Å². The van der Waals surface area contributed by atoms with Crippen molar-refractivity contribution in [3.8, 4) is 0 Å². The lowest BCUT2D eigenvalue weighted by molar-refractivity contribution is -0.179. The van der Waals surface area contributed by atoms with Crippen LogP contribution < -0.4 is 5.32 Å². The van der Waals surface area contributed by atoms with Crippen molar-refractivity contribution in [2.24, 2.45) is 51.2 Å². The van der Waals surface area contributed by atoms with E-state index in [1.165, 1.54) is 29.7 Å². The van der Waals surface area contributed by atoms with E-state index in [9.17, 15) is 9.90 Å². The summed E-state index contributed by atoms with van der Waals surface area (Å²) in [4.78, 5) is 22.9. The van der Waals surface area contributed by atoms with Crippen molar-refractivity contribution >= 4 is 11.8 Å². The van der Waals surface area contributed by atoms with Crippen LogP contribution in [0.1, 0.15) is 110 Å². The van der Waals surface area contributed by atoms with E-state index in [0.29, 0.717) is 23.7 Å². The quantitative estimate of drug-likeness (QED) is 0.383. The molecule has 1 heterocycles. The first-order chi connectivity index (χ1) is 18.2. The predicted octanol–water partition coefficient (Wildman–Crippen LogP) is 7.58. The van der Waals surface area contributed by atoms with Gasteiger partial charge in [0, 0.05) is 18.0 Å². The first-order valence-electron chi connectivity index (χ1n) is 15.7. The molecule has 5 nitrogen and oxygen atoms in total. The second-order valence-electron chi connectivity index (χ2n) is 15.7. The Balaban J connectivity index is 1.49. The highest BCUT2D eigenvalue weighted by Crippen LogP contribution is 2.75. The van der Waals surface area contributed by atoms with E-state index >= 15 is 0 Å². The maximum Gasteiger partial charge on any atom is 0.310 e. The summed E-state index contributed by atoms with van der Waals surface area (Å²) in [5.41, 5.74) is 3.80. The molecule has 0 bridgehead atoms. The van der Waals surface area contributed by atoms with Crippen LogP contribution in [0, 0.1) is 58.2 Å². The number of fused-ring (bicyclic) bond motifs is 8. The summed E-state index contributed by atoms with van der Waals surface area (Å²) in [5.74, 6) is 3.57. The van der Waals surface area contributed by atoms with Gasteiger partial charge in [-0.15, -0.1) is 0 Å². The Morgan fingerprint density at radius 1 is 1.00 bits per heavy atom. The number of rotatable bonds is 2. The Morgan fingerprint density at radius 2 is 1.72 bits per heavy atom. The fraction of sp³-hybridized carbons (Fsp3) is 0.794. The van der Waals surface area contributed by atoms with Crippen LogP contribution >= 0.6 is 0 Å². The summed E-state index contributed by atoms with van der Waals surface area (Å²) in [6.45, 7) is 19.3. The lowest BCUT2D eigenvalue weighted by Crippen LogP contribution is -2.65. The predicted molar refractivity (Wildman–Crippen MR) is 157 cm³/mol. The molecule has 39 heavy (non-hydrogen) atoms. The van der Waals surface area contributed by atoms with Gasteiger partial charge >= 0.3 is 5.97 Å². The van der Waals surface area contributed by atoms with Gasteiger partial charge in [0.25, 0.3) is 0 Å². The fourth-order valence-electron chi connectivity index (χ4n) is 11.7. The Kier molecular flexibility index (Phi) is 5.82. The molecule has 6 rings (SSSR count). The van der Waals surface area contributed by atoms with Crippen LogP contribution in [0.4, 0.5) is 5.82 Å². The zero-order chi connectivity index (χ0) is 28.3. The molecule has 2 N–H and O–H groups in total. The lowest BCUT2D eigenvalue weighted by Gasteiger charge is -2.70. The number of hydrogen-bond donors (Lipinski definition) is 2. The van der Waals surface area contributed by atoms with Crippen molar-refractivity contribution in [2.45, 2.75) is 112 Å². The molecule has 3 saturated carbocycles. The monoisotopic (exact) mass is 533 g/mol. The second-order valence-corrected chi connectivity index (χ2v) is 15.7. The van der Waals surface area contributed by atoms with Gasteiger partial charge in [0.1, 0.15) is 11.6 Å². The molecule has 0 amide bonds. The number of anilines is 1. The molecule has 5 aliphatic carbocycles. The topological polar surface area (TPSA) is 75.1 Å². The van der Waals surface area contributed by atoms with E-state index in [0.717, 1.165) is 50.2 Å². The average Bonchev–Trinajstić information content (AvgIpc) is 2.86. The Morgan fingerprint density at radius 3 is 2.38 bits per heavy atom. The van der Waals surface area contributed by atoms with E-state index in [2.05, 4.69) is 59.9 Å². The molecule has 1 aromatic heterocycles. The van der Waals surface area contributed by atoms with Crippen LogP contribution in [0.15, 0.2) is 11.6 Å². The number of nitrogens with one attached hydrogen (secondary N) is 1. The highest BCUT2D eigenvalue weighted by molar-refractivity contribution is 5.76. The third-order valence-corrected chi connectivity index (χ3v) is 14.1. The minimum Gasteiger partial charge on any atom is -0.481 e. The summed E-state index contributed by atoms with van der Waals surface area (Å²) in [6.07, 6.45) is 10.8. The SMILES string of the molecule is CNc1nc(C)nc2c1C[C@]1(C)[C@H]3CC=C4[C@@H]5[C@@H](C)[C@H](C)CC[C@]5(C(=O)O)CC[C@@]4(C)[C@]3(C)CC[C@H]1C2(C)C. The molecule has 214 valence electrons. The number of aliphatic carboxylic acids is 1. The van der Waals surface area contributed by atoms with Gasteiger partial charge in [0.05, 0.1) is 11.1 Å². The summed E-state index contributed by atoms with van der Waals surface area (Å²) in [7, 11) is 1.99. The van der Waals surface area contributed by atoms with Crippen molar-refractivity contribution in [3.05, 3.63) is 28.7 Å². The zero-order valence-corrected chi connectivity index (χ0v) is 25.9. The van der Waals surface area contributed by atoms with Crippen molar-refractivity contribution in [2.75, 3.05) is 12.4 Å². The summed E-state index contributed by atoms with van der Waals surface area (Å²) in [6, 6.07) is 0. The number of carboxylic acids is 1. The third kappa shape index (κ3) is 3.22. The number of allylic oxidation sites excluding steroid dienone is 2. The molecular formula is C34H51N3O2. The van der Waals surface area contributed by atoms with Gasteiger partial charge in [0.15, 0.2) is 0 Å². The number of carboxylic acid groups (broad SMARTS) is 1. The van der Waals surface area contributed by atoms with Gasteiger partial charge in [-0.1, -0.05) is 60.1 Å². The first kappa shape index (κ1) is 27.3. The Hall–Kier alpha value is -1.91. The van der Waals surface area contributed by atoms with E-state index < -0.39 is 11.4 Å². The van der Waals surface area contributed by atoms with Gasteiger partial charge in [-0.25, -0.2) is 9.97 Å². The van der Waals surface area contributed by atoms with Crippen LogP contribution in [-0.2, 0) is 16.6 Å². The van der Waals surface area contributed by atoms with E-state index in [1.807, 2.05) is 14.0 Å². The normalized spacial score (nSPS) is 46.0. The molecular weight excluding hydrogens is 482 g/mol. The molecule has 9 atom stereocenters. The molecule has 5 aliphatic rings. The maximum atomic E-state index is 13.0. The molecule has 0 radical (unpaired) electrons. The molecule has 5 heteroatoms. The molecule has 0 unspecified atom stereocenters. The minimum atomic E-state index is -0.579. The summed E-state index contributed by atoms with van der Waals surface area (Å²) in [5, 5.41) is 14.1. The van der Waals surface area contributed by atoms with E-state index in [-0.39, 0.29) is 27.6 Å². The zero-order valence-electron chi connectivity index (χ0n) is 25.9. The highest BCUT2D eigenvalue weighted by Gasteiger charge is 2.69. The van der Waals surface area contributed by atoms with Gasteiger partial charge < -0.3 is 10.4 Å². The molecule has 0 spiro atoms. The lowest BCUT2D eigenvalue weighted by atomic mass is 9.33. The van der Waals surface area contributed by atoms with Gasteiger partial charge in [-0.05, 0) is 104 Å². The van der Waals surface area contributed by atoms with Crippen molar-refractivity contribution in [3.63, 3.8) is 0 Å². The molecule has 3 fully saturated rings. The largest absolute Gasteiger partial charge is 0.481 e. The number of aryl methyl sites for hydroxylation is 1. The number of aromatic nitrogens is 2. The third-order valence-electron chi connectivity index (χ3n) is 14.1. The van der Waals surface area contributed by atoms with Crippen molar-refractivity contribution in [1.29, 1.82) is 0 Å². The first-order valence-corrected chi connectivity index (χ1v) is 15.7. The highest BCUT2D eigenvalue weighted by atomic mass is 16.4. The smallest absolute Gasteiger partial charge is 0.310 e. The van der Waals surface area contributed by atoms with Crippen molar-refractivity contribution in [1.82, 2.24) is 9.97 Å².